The lowest BCUT2D eigenvalue weighted by molar-refractivity contribution is 1.08. The predicted molar refractivity (Wildman–Crippen MR) is 141 cm³/mol. The quantitative estimate of drug-likeness (QED) is 0.242. The number of aromatic nitrogens is 3. The summed E-state index contributed by atoms with van der Waals surface area (Å²) in [5, 5.41) is 4.99. The van der Waals surface area contributed by atoms with E-state index >= 15 is 0 Å². The van der Waals surface area contributed by atoms with Crippen LogP contribution in [-0.2, 0) is 0 Å². The lowest BCUT2D eigenvalue weighted by Gasteiger charge is -2.09. The fourth-order valence-electron chi connectivity index (χ4n) is 5.03. The molecule has 3 nitrogen and oxygen atoms in total. The molecule has 0 aliphatic carbocycles. The lowest BCUT2D eigenvalue weighted by Crippen LogP contribution is -1.97. The molecule has 0 fully saturated rings. The molecule has 4 aromatic carbocycles. The zero-order chi connectivity index (χ0) is 21.9. The van der Waals surface area contributed by atoms with Crippen molar-refractivity contribution in [2.24, 2.45) is 0 Å². The maximum atomic E-state index is 4.73. The Balaban J connectivity index is 1.69. The number of fused-ring (bicyclic) bond motifs is 6. The molecule has 0 atom stereocenters. The minimum Gasteiger partial charge on any atom is -0.309 e. The van der Waals surface area contributed by atoms with E-state index in [0.717, 1.165) is 27.0 Å². The number of nitrogens with zero attached hydrogens (tertiary/aromatic N) is 3. The molecule has 0 saturated heterocycles. The fraction of sp³-hybridized carbons (Fsp3) is 0. The summed E-state index contributed by atoms with van der Waals surface area (Å²) in [6.45, 7) is 0. The van der Waals surface area contributed by atoms with E-state index in [1.54, 1.807) is 0 Å². The van der Waals surface area contributed by atoms with Crippen molar-refractivity contribution in [2.45, 2.75) is 0 Å². The Labute approximate surface area is 198 Å². The van der Waals surface area contributed by atoms with Gasteiger partial charge in [0.2, 0.25) is 0 Å². The Bertz CT molecular complexity index is 1810. The topological polar surface area (TPSA) is 22.8 Å². The van der Waals surface area contributed by atoms with Gasteiger partial charge < -0.3 is 4.57 Å². The molecular weight excluding hydrogens is 470 g/mol. The molecule has 3 heterocycles. The Morgan fingerprint density at radius 3 is 1.79 bits per heavy atom. The Hall–Kier alpha value is -3.89. The number of pyridine rings is 1. The van der Waals surface area contributed by atoms with Crippen LogP contribution >= 0.6 is 15.9 Å². The number of hydrogen-bond acceptors (Lipinski definition) is 1. The van der Waals surface area contributed by atoms with Crippen molar-refractivity contribution in [1.82, 2.24) is 14.1 Å². The molecular formula is C29H18BrN3. The number of halogens is 1. The molecule has 0 saturated carbocycles. The summed E-state index contributed by atoms with van der Waals surface area (Å²) in [7, 11) is 0. The van der Waals surface area contributed by atoms with Crippen molar-refractivity contribution >= 4 is 59.5 Å². The van der Waals surface area contributed by atoms with Crippen LogP contribution in [0.25, 0.3) is 55.1 Å². The first kappa shape index (κ1) is 18.7. The summed E-state index contributed by atoms with van der Waals surface area (Å²) in [6, 6.07) is 36.6. The smallest absolute Gasteiger partial charge is 0.137 e. The van der Waals surface area contributed by atoms with E-state index in [9.17, 15) is 0 Å². The highest BCUT2D eigenvalue weighted by Gasteiger charge is 2.18. The second kappa shape index (κ2) is 7.06. The third-order valence-electron chi connectivity index (χ3n) is 6.42. The van der Waals surface area contributed by atoms with E-state index in [4.69, 9.17) is 4.98 Å². The van der Waals surface area contributed by atoms with Crippen LogP contribution in [0.3, 0.4) is 0 Å². The van der Waals surface area contributed by atoms with Gasteiger partial charge in [0.15, 0.2) is 0 Å². The SMILES string of the molecule is Brc1ccc(-n2c3ccccc3c3cc4c5ccccc5n(-c5ccccc5)c4cc32)nc1. The van der Waals surface area contributed by atoms with Crippen LogP contribution in [0.2, 0.25) is 0 Å². The number of benzene rings is 4. The average molecular weight is 488 g/mol. The van der Waals surface area contributed by atoms with E-state index in [1.807, 2.05) is 12.3 Å². The van der Waals surface area contributed by atoms with Gasteiger partial charge in [0.1, 0.15) is 5.82 Å². The summed E-state index contributed by atoms with van der Waals surface area (Å²) >= 11 is 3.52. The third kappa shape index (κ3) is 2.71. The third-order valence-corrected chi connectivity index (χ3v) is 6.89. The number of para-hydroxylation sites is 3. The summed E-state index contributed by atoms with van der Waals surface area (Å²) in [5.74, 6) is 0.908. The molecule has 0 bridgehead atoms. The number of hydrogen-bond donors (Lipinski definition) is 0. The van der Waals surface area contributed by atoms with Crippen LogP contribution in [0, 0.1) is 0 Å². The molecule has 0 aliphatic heterocycles. The summed E-state index contributed by atoms with van der Waals surface area (Å²) in [5.41, 5.74) is 5.87. The minimum absolute atomic E-state index is 0.908. The summed E-state index contributed by atoms with van der Waals surface area (Å²) in [6.07, 6.45) is 1.86. The van der Waals surface area contributed by atoms with Crippen LogP contribution in [-0.4, -0.2) is 14.1 Å². The largest absolute Gasteiger partial charge is 0.309 e. The van der Waals surface area contributed by atoms with E-state index in [2.05, 4.69) is 122 Å². The van der Waals surface area contributed by atoms with Gasteiger partial charge in [0.05, 0.1) is 22.1 Å². The van der Waals surface area contributed by atoms with Gasteiger partial charge in [-0.2, -0.15) is 0 Å². The van der Waals surface area contributed by atoms with E-state index in [-0.39, 0.29) is 0 Å². The van der Waals surface area contributed by atoms with Crippen LogP contribution < -0.4 is 0 Å². The van der Waals surface area contributed by atoms with Gasteiger partial charge in [-0.3, -0.25) is 4.57 Å². The van der Waals surface area contributed by atoms with Gasteiger partial charge in [-0.25, -0.2) is 4.98 Å². The first-order chi connectivity index (χ1) is 16.3. The van der Waals surface area contributed by atoms with E-state index in [1.165, 1.54) is 32.6 Å². The molecule has 33 heavy (non-hydrogen) atoms. The molecule has 4 heteroatoms. The monoisotopic (exact) mass is 487 g/mol. The Morgan fingerprint density at radius 1 is 0.515 bits per heavy atom. The van der Waals surface area contributed by atoms with Crippen molar-refractivity contribution in [3.05, 3.63) is 114 Å². The van der Waals surface area contributed by atoms with Gasteiger partial charge in [-0.05, 0) is 64.5 Å². The molecule has 7 aromatic rings. The molecule has 0 N–H and O–H groups in total. The minimum atomic E-state index is 0.908. The maximum Gasteiger partial charge on any atom is 0.137 e. The van der Waals surface area contributed by atoms with Crippen LogP contribution in [0.15, 0.2) is 114 Å². The summed E-state index contributed by atoms with van der Waals surface area (Å²) in [4.78, 5) is 4.73. The highest BCUT2D eigenvalue weighted by Crippen LogP contribution is 2.39. The van der Waals surface area contributed by atoms with Gasteiger partial charge >= 0.3 is 0 Å². The van der Waals surface area contributed by atoms with Crippen LogP contribution in [0.4, 0.5) is 0 Å². The zero-order valence-electron chi connectivity index (χ0n) is 17.6. The average Bonchev–Trinajstić information content (AvgIpc) is 3.36. The second-order valence-corrected chi connectivity index (χ2v) is 9.18. The van der Waals surface area contributed by atoms with Crippen LogP contribution in [0.5, 0.6) is 0 Å². The molecule has 3 aromatic heterocycles. The Morgan fingerprint density at radius 2 is 1.12 bits per heavy atom. The van der Waals surface area contributed by atoms with Gasteiger partial charge in [-0.15, -0.1) is 0 Å². The van der Waals surface area contributed by atoms with E-state index < -0.39 is 0 Å². The Kier molecular flexibility index (Phi) is 3.99. The zero-order valence-corrected chi connectivity index (χ0v) is 19.2. The van der Waals surface area contributed by atoms with Gasteiger partial charge in [0.25, 0.3) is 0 Å². The normalized spacial score (nSPS) is 11.8. The molecule has 156 valence electrons. The lowest BCUT2D eigenvalue weighted by atomic mass is 10.1. The standard InChI is InChI=1S/C29H18BrN3/c30-19-14-15-29(31-18-19)33-26-13-7-5-11-22(26)24-16-23-21-10-4-6-12-25(21)32(27(23)17-28(24)33)20-8-2-1-3-9-20/h1-18H. The number of rotatable bonds is 2. The van der Waals surface area contributed by atoms with Crippen molar-refractivity contribution < 1.29 is 0 Å². The second-order valence-electron chi connectivity index (χ2n) is 8.26. The van der Waals surface area contributed by atoms with Crippen molar-refractivity contribution in [3.63, 3.8) is 0 Å². The molecule has 0 amide bonds. The summed E-state index contributed by atoms with van der Waals surface area (Å²) < 4.78 is 5.60. The maximum absolute atomic E-state index is 4.73. The molecule has 7 rings (SSSR count). The molecule has 0 unspecified atom stereocenters. The highest BCUT2D eigenvalue weighted by molar-refractivity contribution is 9.10. The van der Waals surface area contributed by atoms with E-state index in [0.29, 0.717) is 0 Å². The molecule has 0 radical (unpaired) electrons. The van der Waals surface area contributed by atoms with Gasteiger partial charge in [0, 0.05) is 37.9 Å². The van der Waals surface area contributed by atoms with Gasteiger partial charge in [-0.1, -0.05) is 54.6 Å². The predicted octanol–water partition coefficient (Wildman–Crippen LogP) is 8.04. The van der Waals surface area contributed by atoms with Crippen LogP contribution in [0.1, 0.15) is 0 Å². The molecule has 0 aliphatic rings. The van der Waals surface area contributed by atoms with Crippen molar-refractivity contribution in [2.75, 3.05) is 0 Å². The highest BCUT2D eigenvalue weighted by atomic mass is 79.9. The fourth-order valence-corrected chi connectivity index (χ4v) is 5.27. The first-order valence-corrected chi connectivity index (χ1v) is 11.7. The molecule has 0 spiro atoms. The van der Waals surface area contributed by atoms with Crippen molar-refractivity contribution in [1.29, 1.82) is 0 Å². The van der Waals surface area contributed by atoms with Crippen molar-refractivity contribution in [3.8, 4) is 11.5 Å². The first-order valence-electron chi connectivity index (χ1n) is 10.9.